The minimum Gasteiger partial charge on any atom is -0.469 e. The molecule has 0 aromatic rings. The topological polar surface area (TPSA) is 67.4 Å². The van der Waals surface area contributed by atoms with Crippen LogP contribution in [-0.2, 0) is 14.3 Å². The molecule has 5 nitrogen and oxygen atoms in total. The smallest absolute Gasteiger partial charge is 0.306 e. The monoisotopic (exact) mass is 230 g/mol. The Morgan fingerprint density at radius 1 is 1.38 bits per heavy atom. The maximum Gasteiger partial charge on any atom is 0.306 e. The average Bonchev–Trinajstić information content (AvgIpc) is 2.24. The van der Waals surface area contributed by atoms with Crippen molar-refractivity contribution in [1.29, 1.82) is 0 Å². The van der Waals surface area contributed by atoms with Crippen molar-refractivity contribution in [2.45, 2.75) is 39.2 Å². The first kappa shape index (κ1) is 14.9. The van der Waals surface area contributed by atoms with E-state index in [0.717, 1.165) is 12.8 Å². The molecule has 0 bridgehead atoms. The highest BCUT2D eigenvalue weighted by molar-refractivity contribution is 5.78. The fourth-order valence-corrected chi connectivity index (χ4v) is 1.33. The molecule has 0 rings (SSSR count). The zero-order chi connectivity index (χ0) is 12.4. The van der Waals surface area contributed by atoms with Crippen molar-refractivity contribution in [3.05, 3.63) is 0 Å². The van der Waals surface area contributed by atoms with E-state index in [1.165, 1.54) is 7.11 Å². The van der Waals surface area contributed by atoms with Gasteiger partial charge >= 0.3 is 5.97 Å². The summed E-state index contributed by atoms with van der Waals surface area (Å²) in [5, 5.41) is 5.75. The number of ether oxygens (including phenoxy) is 1. The summed E-state index contributed by atoms with van der Waals surface area (Å²) in [5.41, 5.74) is 0. The third-order valence-electron chi connectivity index (χ3n) is 2.15. The molecule has 94 valence electrons. The summed E-state index contributed by atoms with van der Waals surface area (Å²) >= 11 is 0. The standard InChI is InChI=1S/C11H22N2O3/c1-4-5-9(2)13-10(14)8-12-7-6-11(15)16-3/h9,12H,4-8H2,1-3H3,(H,13,14). The van der Waals surface area contributed by atoms with Crippen molar-refractivity contribution in [2.75, 3.05) is 20.2 Å². The Kier molecular flexibility index (Phi) is 8.52. The number of hydrogen-bond acceptors (Lipinski definition) is 4. The number of esters is 1. The van der Waals surface area contributed by atoms with Crippen LogP contribution < -0.4 is 10.6 Å². The van der Waals surface area contributed by atoms with Crippen LogP contribution >= 0.6 is 0 Å². The Morgan fingerprint density at radius 2 is 2.06 bits per heavy atom. The van der Waals surface area contributed by atoms with Gasteiger partial charge in [-0.2, -0.15) is 0 Å². The molecule has 0 aliphatic rings. The number of methoxy groups -OCH3 is 1. The summed E-state index contributed by atoms with van der Waals surface area (Å²) in [4.78, 5) is 22.1. The van der Waals surface area contributed by atoms with Gasteiger partial charge in [0.1, 0.15) is 0 Å². The summed E-state index contributed by atoms with van der Waals surface area (Å²) in [6.45, 7) is 4.76. The van der Waals surface area contributed by atoms with Crippen molar-refractivity contribution >= 4 is 11.9 Å². The molecule has 0 aromatic heterocycles. The number of nitrogens with one attached hydrogen (secondary N) is 2. The van der Waals surface area contributed by atoms with Crippen LogP contribution in [0.2, 0.25) is 0 Å². The molecule has 0 aromatic carbocycles. The van der Waals surface area contributed by atoms with Gasteiger partial charge < -0.3 is 15.4 Å². The first-order valence-electron chi connectivity index (χ1n) is 5.67. The van der Waals surface area contributed by atoms with Crippen molar-refractivity contribution in [2.24, 2.45) is 0 Å². The van der Waals surface area contributed by atoms with Gasteiger partial charge in [0.05, 0.1) is 20.1 Å². The second-order valence-electron chi connectivity index (χ2n) is 3.76. The molecule has 0 fully saturated rings. The molecule has 5 heteroatoms. The Bertz CT molecular complexity index is 219. The summed E-state index contributed by atoms with van der Waals surface area (Å²) in [6.07, 6.45) is 2.32. The lowest BCUT2D eigenvalue weighted by Crippen LogP contribution is -2.39. The van der Waals surface area contributed by atoms with Crippen LogP contribution in [0.1, 0.15) is 33.1 Å². The molecule has 1 amide bonds. The average molecular weight is 230 g/mol. The van der Waals surface area contributed by atoms with Gasteiger partial charge in [-0.3, -0.25) is 9.59 Å². The highest BCUT2D eigenvalue weighted by Crippen LogP contribution is 1.93. The first-order chi connectivity index (χ1) is 7.60. The molecule has 0 saturated carbocycles. The fraction of sp³-hybridized carbons (Fsp3) is 0.818. The molecule has 16 heavy (non-hydrogen) atoms. The van der Waals surface area contributed by atoms with E-state index in [2.05, 4.69) is 22.3 Å². The van der Waals surface area contributed by atoms with Crippen LogP contribution in [-0.4, -0.2) is 38.1 Å². The molecular weight excluding hydrogens is 208 g/mol. The fourth-order valence-electron chi connectivity index (χ4n) is 1.33. The quantitative estimate of drug-likeness (QED) is 0.469. The molecule has 0 spiro atoms. The summed E-state index contributed by atoms with van der Waals surface area (Å²) < 4.78 is 4.47. The third kappa shape index (κ3) is 8.23. The third-order valence-corrected chi connectivity index (χ3v) is 2.15. The zero-order valence-corrected chi connectivity index (χ0v) is 10.3. The minimum atomic E-state index is -0.271. The van der Waals surface area contributed by atoms with Crippen LogP contribution in [0.4, 0.5) is 0 Å². The lowest BCUT2D eigenvalue weighted by atomic mass is 10.2. The molecule has 0 saturated heterocycles. The Hall–Kier alpha value is -1.10. The Labute approximate surface area is 96.9 Å². The van der Waals surface area contributed by atoms with Gasteiger partial charge in [-0.1, -0.05) is 13.3 Å². The van der Waals surface area contributed by atoms with Crippen LogP contribution in [0.5, 0.6) is 0 Å². The van der Waals surface area contributed by atoms with Crippen LogP contribution in [0.25, 0.3) is 0 Å². The highest BCUT2D eigenvalue weighted by Gasteiger charge is 2.06. The van der Waals surface area contributed by atoms with Gasteiger partial charge in [0, 0.05) is 12.6 Å². The van der Waals surface area contributed by atoms with Gasteiger partial charge in [-0.25, -0.2) is 0 Å². The Morgan fingerprint density at radius 3 is 2.62 bits per heavy atom. The van der Waals surface area contributed by atoms with Gasteiger partial charge in [0.25, 0.3) is 0 Å². The lowest BCUT2D eigenvalue weighted by molar-refractivity contribution is -0.140. The molecule has 0 aliphatic heterocycles. The van der Waals surface area contributed by atoms with Gasteiger partial charge in [0.15, 0.2) is 0 Å². The van der Waals surface area contributed by atoms with Crippen molar-refractivity contribution in [1.82, 2.24) is 10.6 Å². The van der Waals surface area contributed by atoms with Crippen LogP contribution in [0, 0.1) is 0 Å². The molecular formula is C11H22N2O3. The molecule has 1 unspecified atom stereocenters. The Balaban J connectivity index is 3.47. The van der Waals surface area contributed by atoms with Gasteiger partial charge in [0.2, 0.25) is 5.91 Å². The van der Waals surface area contributed by atoms with E-state index in [1.54, 1.807) is 0 Å². The van der Waals surface area contributed by atoms with E-state index in [0.29, 0.717) is 6.54 Å². The van der Waals surface area contributed by atoms with E-state index < -0.39 is 0 Å². The van der Waals surface area contributed by atoms with Crippen LogP contribution in [0.3, 0.4) is 0 Å². The zero-order valence-electron chi connectivity index (χ0n) is 10.3. The summed E-state index contributed by atoms with van der Waals surface area (Å²) in [7, 11) is 1.35. The molecule has 0 radical (unpaired) electrons. The first-order valence-corrected chi connectivity index (χ1v) is 5.67. The van der Waals surface area contributed by atoms with Crippen molar-refractivity contribution in [3.63, 3.8) is 0 Å². The predicted molar refractivity (Wildman–Crippen MR) is 62.0 cm³/mol. The number of carbonyl (C=O) groups excluding carboxylic acids is 2. The summed E-state index contributed by atoms with van der Waals surface area (Å²) in [5.74, 6) is -0.307. The van der Waals surface area contributed by atoms with E-state index in [-0.39, 0.29) is 30.9 Å². The molecule has 0 heterocycles. The van der Waals surface area contributed by atoms with Crippen molar-refractivity contribution in [3.8, 4) is 0 Å². The van der Waals surface area contributed by atoms with E-state index in [1.807, 2.05) is 6.92 Å². The maximum atomic E-state index is 11.4. The van der Waals surface area contributed by atoms with E-state index in [9.17, 15) is 9.59 Å². The molecule has 2 N–H and O–H groups in total. The SMILES string of the molecule is CCCC(C)NC(=O)CNCCC(=O)OC. The van der Waals surface area contributed by atoms with Crippen LogP contribution in [0.15, 0.2) is 0 Å². The number of hydrogen-bond donors (Lipinski definition) is 2. The predicted octanol–water partition coefficient (Wildman–Crippen LogP) is 0.444. The maximum absolute atomic E-state index is 11.4. The summed E-state index contributed by atoms with van der Waals surface area (Å²) in [6, 6.07) is 0.208. The minimum absolute atomic E-state index is 0.0363. The van der Waals surface area contributed by atoms with Crippen molar-refractivity contribution < 1.29 is 14.3 Å². The largest absolute Gasteiger partial charge is 0.469 e. The molecule has 1 atom stereocenters. The second kappa shape index (κ2) is 9.15. The van der Waals surface area contributed by atoms with Gasteiger partial charge in [-0.05, 0) is 13.3 Å². The van der Waals surface area contributed by atoms with Gasteiger partial charge in [-0.15, -0.1) is 0 Å². The number of amides is 1. The normalized spacial score (nSPS) is 11.9. The number of carbonyl (C=O) groups is 2. The second-order valence-corrected chi connectivity index (χ2v) is 3.76. The number of rotatable bonds is 8. The van der Waals surface area contributed by atoms with E-state index >= 15 is 0 Å². The van der Waals surface area contributed by atoms with E-state index in [4.69, 9.17) is 0 Å². The highest BCUT2D eigenvalue weighted by atomic mass is 16.5. The molecule has 0 aliphatic carbocycles. The lowest BCUT2D eigenvalue weighted by Gasteiger charge is -2.12.